The smallest absolute Gasteiger partial charge is 0.312 e. The van der Waals surface area contributed by atoms with Gasteiger partial charge in [-0.05, 0) is 45.1 Å². The number of alkyl halides is 3. The molecule has 0 aliphatic carbocycles. The summed E-state index contributed by atoms with van der Waals surface area (Å²) in [4.78, 5) is 2.37. The van der Waals surface area contributed by atoms with Gasteiger partial charge in [0.05, 0.1) is 0 Å². The Bertz CT molecular complexity index is 253. The van der Waals surface area contributed by atoms with Crippen LogP contribution in [0.3, 0.4) is 0 Å². The fourth-order valence-electron chi connectivity index (χ4n) is 3.22. The van der Waals surface area contributed by atoms with Gasteiger partial charge in [-0.3, -0.25) is 4.90 Å². The standard InChI is InChI=1S/C13H23F3N2/c1-10(4-2-6-13(14,15)16)18-8-11-5-3-7-17-12(11)9-18/h10-12,17H,2-9H2,1H3/t10?,11-,12+/m0/s1. The molecule has 3 atom stereocenters. The first-order valence-corrected chi connectivity index (χ1v) is 7.00. The molecule has 2 saturated heterocycles. The van der Waals surface area contributed by atoms with E-state index in [-0.39, 0.29) is 12.5 Å². The molecule has 2 heterocycles. The molecule has 0 saturated carbocycles. The molecule has 1 unspecified atom stereocenters. The average Bonchev–Trinajstić information content (AvgIpc) is 2.70. The number of nitrogens with zero attached hydrogens (tertiary/aromatic N) is 1. The minimum absolute atomic E-state index is 0.254. The molecular weight excluding hydrogens is 241 g/mol. The van der Waals surface area contributed by atoms with Gasteiger partial charge in [-0.2, -0.15) is 13.2 Å². The van der Waals surface area contributed by atoms with Crippen molar-refractivity contribution in [3.05, 3.63) is 0 Å². The minimum atomic E-state index is -4.00. The van der Waals surface area contributed by atoms with Crippen molar-refractivity contribution in [2.75, 3.05) is 19.6 Å². The molecule has 0 aromatic rings. The van der Waals surface area contributed by atoms with E-state index in [1.54, 1.807) is 0 Å². The molecule has 5 heteroatoms. The van der Waals surface area contributed by atoms with Crippen molar-refractivity contribution >= 4 is 0 Å². The number of hydrogen-bond donors (Lipinski definition) is 1. The number of halogens is 3. The zero-order valence-corrected chi connectivity index (χ0v) is 11.0. The summed E-state index contributed by atoms with van der Waals surface area (Å²) in [5.41, 5.74) is 0. The van der Waals surface area contributed by atoms with E-state index in [0.717, 1.165) is 19.6 Å². The molecule has 0 radical (unpaired) electrons. The van der Waals surface area contributed by atoms with Crippen LogP contribution in [0.15, 0.2) is 0 Å². The Morgan fingerprint density at radius 1 is 1.33 bits per heavy atom. The highest BCUT2D eigenvalue weighted by atomic mass is 19.4. The predicted octanol–water partition coefficient (Wildman–Crippen LogP) is 2.79. The van der Waals surface area contributed by atoms with E-state index < -0.39 is 12.6 Å². The Balaban J connectivity index is 1.71. The van der Waals surface area contributed by atoms with Crippen molar-refractivity contribution in [3.8, 4) is 0 Å². The van der Waals surface area contributed by atoms with Gasteiger partial charge in [-0.25, -0.2) is 0 Å². The lowest BCUT2D eigenvalue weighted by molar-refractivity contribution is -0.136. The molecule has 0 amide bonds. The lowest BCUT2D eigenvalue weighted by Gasteiger charge is -2.25. The Labute approximate surface area is 107 Å². The van der Waals surface area contributed by atoms with Gasteiger partial charge in [0.1, 0.15) is 0 Å². The van der Waals surface area contributed by atoms with Gasteiger partial charge in [-0.1, -0.05) is 0 Å². The second-order valence-corrected chi connectivity index (χ2v) is 5.77. The maximum atomic E-state index is 12.1. The first-order valence-electron chi connectivity index (χ1n) is 7.00. The molecule has 2 nitrogen and oxygen atoms in total. The molecular formula is C13H23F3N2. The summed E-state index contributed by atoms with van der Waals surface area (Å²) in [6, 6.07) is 0.851. The number of fused-ring (bicyclic) bond motifs is 1. The summed E-state index contributed by atoms with van der Waals surface area (Å²) in [6.45, 7) is 5.23. The Kier molecular flexibility index (Phi) is 4.54. The zero-order valence-electron chi connectivity index (χ0n) is 11.0. The van der Waals surface area contributed by atoms with Crippen molar-refractivity contribution in [1.82, 2.24) is 10.2 Å². The third-order valence-corrected chi connectivity index (χ3v) is 4.33. The number of hydrogen-bond acceptors (Lipinski definition) is 2. The van der Waals surface area contributed by atoms with Crippen molar-refractivity contribution in [2.45, 2.75) is 57.3 Å². The van der Waals surface area contributed by atoms with Crippen molar-refractivity contribution in [2.24, 2.45) is 5.92 Å². The highest BCUT2D eigenvalue weighted by Gasteiger charge is 2.36. The van der Waals surface area contributed by atoms with Crippen LogP contribution in [0.5, 0.6) is 0 Å². The van der Waals surface area contributed by atoms with E-state index in [0.29, 0.717) is 18.4 Å². The average molecular weight is 264 g/mol. The van der Waals surface area contributed by atoms with E-state index in [9.17, 15) is 13.2 Å². The van der Waals surface area contributed by atoms with Gasteiger partial charge in [-0.15, -0.1) is 0 Å². The number of rotatable bonds is 4. The van der Waals surface area contributed by atoms with Crippen molar-refractivity contribution < 1.29 is 13.2 Å². The van der Waals surface area contributed by atoms with Crippen LogP contribution in [0, 0.1) is 5.92 Å². The first kappa shape index (κ1) is 14.1. The second-order valence-electron chi connectivity index (χ2n) is 5.77. The van der Waals surface area contributed by atoms with Crippen LogP contribution in [-0.4, -0.2) is 42.8 Å². The van der Waals surface area contributed by atoms with Crippen LogP contribution in [0.1, 0.15) is 39.0 Å². The highest BCUT2D eigenvalue weighted by Crippen LogP contribution is 2.28. The summed E-state index contributed by atoms with van der Waals surface area (Å²) in [6.07, 6.45) is -1.24. The molecule has 0 spiro atoms. The van der Waals surface area contributed by atoms with Crippen LogP contribution >= 0.6 is 0 Å². The van der Waals surface area contributed by atoms with Gasteiger partial charge in [0, 0.05) is 31.6 Å². The van der Waals surface area contributed by atoms with Crippen LogP contribution < -0.4 is 5.32 Å². The monoisotopic (exact) mass is 264 g/mol. The molecule has 2 fully saturated rings. The molecule has 2 aliphatic rings. The molecule has 0 aromatic carbocycles. The lowest BCUT2D eigenvalue weighted by Crippen LogP contribution is -2.41. The molecule has 0 bridgehead atoms. The van der Waals surface area contributed by atoms with E-state index >= 15 is 0 Å². The predicted molar refractivity (Wildman–Crippen MR) is 65.5 cm³/mol. The van der Waals surface area contributed by atoms with Crippen LogP contribution in [-0.2, 0) is 0 Å². The van der Waals surface area contributed by atoms with Crippen molar-refractivity contribution in [3.63, 3.8) is 0 Å². The van der Waals surface area contributed by atoms with Crippen LogP contribution in [0.4, 0.5) is 13.2 Å². The van der Waals surface area contributed by atoms with E-state index in [1.165, 1.54) is 12.8 Å². The summed E-state index contributed by atoms with van der Waals surface area (Å²) >= 11 is 0. The molecule has 1 N–H and O–H groups in total. The maximum absolute atomic E-state index is 12.1. The Hall–Kier alpha value is -0.290. The maximum Gasteiger partial charge on any atom is 0.389 e. The van der Waals surface area contributed by atoms with Gasteiger partial charge < -0.3 is 5.32 Å². The SMILES string of the molecule is CC(CCCC(F)(F)F)N1C[C@@H]2CCCN[C@@H]2C1. The Morgan fingerprint density at radius 3 is 2.78 bits per heavy atom. The topological polar surface area (TPSA) is 15.3 Å². The van der Waals surface area contributed by atoms with Crippen LogP contribution in [0.2, 0.25) is 0 Å². The fraction of sp³-hybridized carbons (Fsp3) is 1.00. The molecule has 2 aliphatic heterocycles. The number of nitrogens with one attached hydrogen (secondary N) is 1. The second kappa shape index (κ2) is 5.78. The molecule has 18 heavy (non-hydrogen) atoms. The van der Waals surface area contributed by atoms with Gasteiger partial charge >= 0.3 is 6.18 Å². The normalized spacial score (nSPS) is 31.3. The van der Waals surface area contributed by atoms with Crippen molar-refractivity contribution in [1.29, 1.82) is 0 Å². The third-order valence-electron chi connectivity index (χ3n) is 4.33. The molecule has 2 rings (SSSR count). The number of likely N-dealkylation sites (tertiary alicyclic amines) is 1. The Morgan fingerprint density at radius 2 is 2.11 bits per heavy atom. The quantitative estimate of drug-likeness (QED) is 0.840. The molecule has 0 aromatic heterocycles. The third kappa shape index (κ3) is 3.85. The lowest BCUT2D eigenvalue weighted by atomic mass is 9.94. The number of piperidine rings is 1. The summed E-state index contributed by atoms with van der Waals surface area (Å²) in [5.74, 6) is 0.712. The summed E-state index contributed by atoms with van der Waals surface area (Å²) in [7, 11) is 0. The zero-order chi connectivity index (χ0) is 13.2. The highest BCUT2D eigenvalue weighted by molar-refractivity contribution is 4.93. The van der Waals surface area contributed by atoms with E-state index in [4.69, 9.17) is 0 Å². The van der Waals surface area contributed by atoms with Gasteiger partial charge in [0.15, 0.2) is 0 Å². The van der Waals surface area contributed by atoms with Crippen LogP contribution in [0.25, 0.3) is 0 Å². The largest absolute Gasteiger partial charge is 0.389 e. The summed E-state index contributed by atoms with van der Waals surface area (Å²) in [5, 5.41) is 3.52. The van der Waals surface area contributed by atoms with E-state index in [1.807, 2.05) is 0 Å². The van der Waals surface area contributed by atoms with Gasteiger partial charge in [0.25, 0.3) is 0 Å². The molecule has 106 valence electrons. The van der Waals surface area contributed by atoms with Gasteiger partial charge in [0.2, 0.25) is 0 Å². The fourth-order valence-corrected chi connectivity index (χ4v) is 3.22. The first-order chi connectivity index (χ1) is 8.46. The minimum Gasteiger partial charge on any atom is -0.312 e. The summed E-state index contributed by atoms with van der Waals surface area (Å²) < 4.78 is 36.3. The van der Waals surface area contributed by atoms with E-state index in [2.05, 4.69) is 17.1 Å².